The molecule has 94 valence electrons. The van der Waals surface area contributed by atoms with E-state index in [0.717, 1.165) is 17.9 Å². The molecule has 0 aromatic heterocycles. The van der Waals surface area contributed by atoms with Crippen LogP contribution < -0.4 is 15.4 Å². The fourth-order valence-corrected chi connectivity index (χ4v) is 1.70. The van der Waals surface area contributed by atoms with E-state index in [4.69, 9.17) is 16.9 Å². The van der Waals surface area contributed by atoms with Crippen molar-refractivity contribution in [1.29, 1.82) is 0 Å². The zero-order valence-electron chi connectivity index (χ0n) is 9.54. The second-order valence-electron chi connectivity index (χ2n) is 3.96. The number of halogens is 2. The Balaban J connectivity index is 2.60. The van der Waals surface area contributed by atoms with Crippen molar-refractivity contribution in [2.75, 3.05) is 17.2 Å². The number of benzene rings is 1. The third-order valence-electron chi connectivity index (χ3n) is 2.55. The van der Waals surface area contributed by atoms with Gasteiger partial charge in [-0.3, -0.25) is 9.69 Å². The Labute approximate surface area is 102 Å². The van der Waals surface area contributed by atoms with Gasteiger partial charge in [0.15, 0.2) is 5.75 Å². The molecule has 4 nitrogen and oxygen atoms in total. The van der Waals surface area contributed by atoms with Crippen LogP contribution in [-0.4, -0.2) is 18.3 Å². The summed E-state index contributed by atoms with van der Waals surface area (Å²) in [4.78, 5) is 12.8. The highest BCUT2D eigenvalue weighted by Gasteiger charge is 2.45. The van der Waals surface area contributed by atoms with Crippen molar-refractivity contribution in [3.05, 3.63) is 17.9 Å². The molecule has 1 aromatic rings. The molecule has 1 unspecified atom stereocenters. The van der Waals surface area contributed by atoms with E-state index in [1.54, 1.807) is 0 Å². The molecule has 1 aliphatic rings. The highest BCUT2D eigenvalue weighted by atomic mass is 19.2. The number of nitrogen functional groups attached to an aromatic ring is 1. The summed E-state index contributed by atoms with van der Waals surface area (Å²) in [5.41, 5.74) is 5.39. The van der Waals surface area contributed by atoms with Crippen LogP contribution in [0.25, 0.3) is 0 Å². The fourth-order valence-electron chi connectivity index (χ4n) is 1.70. The van der Waals surface area contributed by atoms with Crippen molar-refractivity contribution < 1.29 is 18.3 Å². The molecule has 0 saturated heterocycles. The van der Waals surface area contributed by atoms with Crippen molar-refractivity contribution in [3.8, 4) is 18.1 Å². The SMILES string of the molecule is C#CCN1C(=O)C(C)(F)Oc2cc(F)c(N)cc21. The molecule has 2 N–H and O–H groups in total. The van der Waals surface area contributed by atoms with Crippen LogP contribution in [0.1, 0.15) is 6.92 Å². The number of carbonyl (C=O) groups excluding carboxylic acids is 1. The number of nitrogens with two attached hydrogens (primary N) is 1. The van der Waals surface area contributed by atoms with Crippen molar-refractivity contribution in [2.45, 2.75) is 12.8 Å². The van der Waals surface area contributed by atoms with Crippen LogP contribution in [0.4, 0.5) is 20.2 Å². The highest BCUT2D eigenvalue weighted by Crippen LogP contribution is 2.40. The highest BCUT2D eigenvalue weighted by molar-refractivity contribution is 6.02. The van der Waals surface area contributed by atoms with Gasteiger partial charge in [-0.15, -0.1) is 6.42 Å². The topological polar surface area (TPSA) is 55.6 Å². The molecule has 1 heterocycles. The summed E-state index contributed by atoms with van der Waals surface area (Å²) in [7, 11) is 0. The molecule has 0 fully saturated rings. The molecule has 1 aliphatic heterocycles. The number of ether oxygens (including phenoxy) is 1. The maximum atomic E-state index is 13.9. The predicted molar refractivity (Wildman–Crippen MR) is 62.1 cm³/mol. The molecule has 0 saturated carbocycles. The molecular weight excluding hydrogens is 242 g/mol. The summed E-state index contributed by atoms with van der Waals surface area (Å²) in [5.74, 6) is -2.15. The van der Waals surface area contributed by atoms with E-state index in [2.05, 4.69) is 5.92 Å². The van der Waals surface area contributed by atoms with Gasteiger partial charge in [-0.25, -0.2) is 4.39 Å². The van der Waals surface area contributed by atoms with E-state index in [1.807, 2.05) is 0 Å². The third kappa shape index (κ3) is 1.74. The number of anilines is 2. The standard InChI is InChI=1S/C12H10F2N2O2/c1-3-4-16-9-6-8(15)7(13)5-10(9)18-12(2,14)11(16)17/h1,5-6H,4,15H2,2H3. The Bertz CT molecular complexity index is 564. The lowest BCUT2D eigenvalue weighted by atomic mass is 10.1. The van der Waals surface area contributed by atoms with Crippen molar-refractivity contribution >= 4 is 17.3 Å². The average Bonchev–Trinajstić information content (AvgIpc) is 2.28. The minimum atomic E-state index is -2.58. The van der Waals surface area contributed by atoms with Gasteiger partial charge in [-0.1, -0.05) is 5.92 Å². The lowest BCUT2D eigenvalue weighted by Crippen LogP contribution is -2.51. The quantitative estimate of drug-likeness (QED) is 0.608. The molecule has 2 rings (SSSR count). The van der Waals surface area contributed by atoms with Crippen LogP contribution in [0, 0.1) is 18.2 Å². The number of fused-ring (bicyclic) bond motifs is 1. The number of hydrogen-bond donors (Lipinski definition) is 1. The van der Waals surface area contributed by atoms with Gasteiger partial charge in [0, 0.05) is 13.0 Å². The molecule has 0 aliphatic carbocycles. The second-order valence-corrected chi connectivity index (χ2v) is 3.96. The lowest BCUT2D eigenvalue weighted by Gasteiger charge is -2.35. The summed E-state index contributed by atoms with van der Waals surface area (Å²) in [6.07, 6.45) is 5.12. The Hall–Kier alpha value is -2.29. The van der Waals surface area contributed by atoms with E-state index < -0.39 is 17.6 Å². The number of amides is 1. The third-order valence-corrected chi connectivity index (χ3v) is 2.55. The summed E-state index contributed by atoms with van der Waals surface area (Å²) < 4.78 is 32.0. The minimum Gasteiger partial charge on any atom is -0.447 e. The number of terminal acetylenes is 1. The van der Waals surface area contributed by atoms with Gasteiger partial charge in [-0.05, 0) is 6.07 Å². The molecule has 0 radical (unpaired) electrons. The monoisotopic (exact) mass is 252 g/mol. The van der Waals surface area contributed by atoms with Gasteiger partial charge in [0.1, 0.15) is 5.82 Å². The van der Waals surface area contributed by atoms with Crippen molar-refractivity contribution in [2.24, 2.45) is 0 Å². The average molecular weight is 252 g/mol. The minimum absolute atomic E-state index is 0.110. The van der Waals surface area contributed by atoms with E-state index in [-0.39, 0.29) is 23.7 Å². The molecule has 6 heteroatoms. The van der Waals surface area contributed by atoms with Gasteiger partial charge in [0.05, 0.1) is 17.9 Å². The fraction of sp³-hybridized carbons (Fsp3) is 0.250. The maximum absolute atomic E-state index is 13.9. The molecule has 0 spiro atoms. The van der Waals surface area contributed by atoms with Crippen molar-refractivity contribution in [3.63, 3.8) is 0 Å². The maximum Gasteiger partial charge on any atom is 0.324 e. The predicted octanol–water partition coefficient (Wildman–Crippen LogP) is 1.45. The first kappa shape index (κ1) is 12.2. The van der Waals surface area contributed by atoms with Crippen LogP contribution in [0.2, 0.25) is 0 Å². The van der Waals surface area contributed by atoms with Crippen molar-refractivity contribution in [1.82, 2.24) is 0 Å². The van der Waals surface area contributed by atoms with Crippen LogP contribution in [0.5, 0.6) is 5.75 Å². The van der Waals surface area contributed by atoms with Crippen LogP contribution in [-0.2, 0) is 4.79 Å². The van der Waals surface area contributed by atoms with Gasteiger partial charge < -0.3 is 10.5 Å². The number of alkyl halides is 1. The Morgan fingerprint density at radius 3 is 2.89 bits per heavy atom. The van der Waals surface area contributed by atoms with Crippen LogP contribution in [0.15, 0.2) is 12.1 Å². The zero-order chi connectivity index (χ0) is 13.5. The van der Waals surface area contributed by atoms with E-state index in [1.165, 1.54) is 6.07 Å². The summed E-state index contributed by atoms with van der Waals surface area (Å²) in [5, 5.41) is 0. The normalized spacial score (nSPS) is 22.1. The number of carbonyl (C=O) groups is 1. The Kier molecular flexibility index (Phi) is 2.62. The smallest absolute Gasteiger partial charge is 0.324 e. The number of rotatable bonds is 1. The second kappa shape index (κ2) is 3.88. The molecule has 1 aromatic carbocycles. The first-order valence-corrected chi connectivity index (χ1v) is 5.09. The van der Waals surface area contributed by atoms with Crippen LogP contribution in [0.3, 0.4) is 0 Å². The summed E-state index contributed by atoms with van der Waals surface area (Å²) >= 11 is 0. The molecule has 1 atom stereocenters. The van der Waals surface area contributed by atoms with Gasteiger partial charge in [0.2, 0.25) is 0 Å². The van der Waals surface area contributed by atoms with Gasteiger partial charge in [0.25, 0.3) is 0 Å². The summed E-state index contributed by atoms with van der Waals surface area (Å²) in [6.45, 7) is 0.788. The molecule has 18 heavy (non-hydrogen) atoms. The first-order chi connectivity index (χ1) is 8.36. The number of hydrogen-bond acceptors (Lipinski definition) is 3. The van der Waals surface area contributed by atoms with E-state index in [9.17, 15) is 13.6 Å². The summed E-state index contributed by atoms with van der Waals surface area (Å²) in [6, 6.07) is 2.12. The largest absolute Gasteiger partial charge is 0.447 e. The Morgan fingerprint density at radius 1 is 1.61 bits per heavy atom. The van der Waals surface area contributed by atoms with Gasteiger partial charge >= 0.3 is 11.8 Å². The molecular formula is C12H10F2N2O2. The zero-order valence-corrected chi connectivity index (χ0v) is 9.54. The molecule has 1 amide bonds. The van der Waals surface area contributed by atoms with E-state index in [0.29, 0.717) is 0 Å². The van der Waals surface area contributed by atoms with E-state index >= 15 is 0 Å². The molecule has 0 bridgehead atoms. The van der Waals surface area contributed by atoms with Gasteiger partial charge in [-0.2, -0.15) is 4.39 Å². The number of nitrogens with zero attached hydrogens (tertiary/aromatic N) is 1. The first-order valence-electron chi connectivity index (χ1n) is 5.09. The Morgan fingerprint density at radius 2 is 2.28 bits per heavy atom. The lowest BCUT2D eigenvalue weighted by molar-refractivity contribution is -0.149. The van der Waals surface area contributed by atoms with Crippen LogP contribution >= 0.6 is 0 Å².